The number of aromatic amines is 1. The molecule has 0 unspecified atom stereocenters. The molecule has 0 spiro atoms. The highest BCUT2D eigenvalue weighted by molar-refractivity contribution is 6.36. The van der Waals surface area contributed by atoms with Crippen LogP contribution in [0.3, 0.4) is 0 Å². The zero-order chi connectivity index (χ0) is 24.5. The summed E-state index contributed by atoms with van der Waals surface area (Å²) in [7, 11) is 0. The van der Waals surface area contributed by atoms with E-state index in [2.05, 4.69) is 25.9 Å². The van der Waals surface area contributed by atoms with Gasteiger partial charge < -0.3 is 15.6 Å². The molecule has 0 bridgehead atoms. The van der Waals surface area contributed by atoms with Gasteiger partial charge in [0.1, 0.15) is 0 Å². The van der Waals surface area contributed by atoms with Gasteiger partial charge in [0, 0.05) is 40.4 Å². The van der Waals surface area contributed by atoms with Crippen LogP contribution in [0.2, 0.25) is 5.02 Å². The number of halogens is 1. The molecule has 8 nitrogen and oxygen atoms in total. The first-order valence-corrected chi connectivity index (χ1v) is 11.5. The van der Waals surface area contributed by atoms with Gasteiger partial charge in [0.25, 0.3) is 11.8 Å². The second-order valence-electron chi connectivity index (χ2n) is 8.33. The van der Waals surface area contributed by atoms with Gasteiger partial charge in [-0.2, -0.15) is 0 Å². The van der Waals surface area contributed by atoms with Crippen LogP contribution in [0.1, 0.15) is 32.9 Å². The molecule has 0 saturated carbocycles. The van der Waals surface area contributed by atoms with Crippen LogP contribution in [0.4, 0.5) is 5.69 Å². The summed E-state index contributed by atoms with van der Waals surface area (Å²) in [6.07, 6.45) is 5.15. The van der Waals surface area contributed by atoms with E-state index in [-0.39, 0.29) is 11.8 Å². The van der Waals surface area contributed by atoms with E-state index in [1.807, 2.05) is 62.4 Å². The minimum atomic E-state index is -0.188. The fourth-order valence-electron chi connectivity index (χ4n) is 4.39. The summed E-state index contributed by atoms with van der Waals surface area (Å²) in [6, 6.07) is 13.3. The number of anilines is 1. The maximum Gasteiger partial charge on any atom is 0.256 e. The molecule has 1 aliphatic rings. The van der Waals surface area contributed by atoms with E-state index in [0.29, 0.717) is 34.9 Å². The Hall–Kier alpha value is -4.17. The molecule has 35 heavy (non-hydrogen) atoms. The number of carbonyl (C=O) groups is 2. The number of rotatable bonds is 6. The highest BCUT2D eigenvalue weighted by Crippen LogP contribution is 2.41. The maximum atomic E-state index is 13.0. The second-order valence-corrected chi connectivity index (χ2v) is 8.77. The van der Waals surface area contributed by atoms with Gasteiger partial charge in [-0.05, 0) is 54.8 Å². The maximum absolute atomic E-state index is 13.0. The van der Waals surface area contributed by atoms with Crippen molar-refractivity contribution in [2.24, 2.45) is 0 Å². The number of fused-ring (bicyclic) bond motifs is 1. The zero-order valence-electron chi connectivity index (χ0n) is 19.2. The third-order valence-corrected chi connectivity index (χ3v) is 6.32. The lowest BCUT2D eigenvalue weighted by Gasteiger charge is -2.09. The van der Waals surface area contributed by atoms with Gasteiger partial charge in [-0.3, -0.25) is 14.3 Å². The summed E-state index contributed by atoms with van der Waals surface area (Å²) in [5.74, 6) is -0.369. The topological polar surface area (TPSA) is 105 Å². The van der Waals surface area contributed by atoms with Crippen molar-refractivity contribution in [3.63, 3.8) is 0 Å². The minimum absolute atomic E-state index is 0.181. The summed E-state index contributed by atoms with van der Waals surface area (Å²) in [5.41, 5.74) is 6.79. The average molecular weight is 487 g/mol. The van der Waals surface area contributed by atoms with Crippen molar-refractivity contribution in [2.75, 3.05) is 11.9 Å². The van der Waals surface area contributed by atoms with Crippen molar-refractivity contribution in [1.29, 1.82) is 0 Å². The van der Waals surface area contributed by atoms with Crippen LogP contribution in [-0.4, -0.2) is 38.3 Å². The van der Waals surface area contributed by atoms with Crippen LogP contribution in [0, 0.1) is 13.8 Å². The summed E-state index contributed by atoms with van der Waals surface area (Å²) in [5, 5.41) is 14.2. The van der Waals surface area contributed by atoms with Crippen LogP contribution < -0.4 is 10.6 Å². The number of hydrogen-bond acceptors (Lipinski definition) is 4. The van der Waals surface area contributed by atoms with Crippen molar-refractivity contribution in [2.45, 2.75) is 20.4 Å². The number of nitrogens with one attached hydrogen (secondary N) is 3. The lowest BCUT2D eigenvalue weighted by Crippen LogP contribution is -2.28. The van der Waals surface area contributed by atoms with Crippen molar-refractivity contribution >= 4 is 40.8 Å². The monoisotopic (exact) mass is 486 g/mol. The number of aryl methyl sites for hydroxylation is 1. The summed E-state index contributed by atoms with van der Waals surface area (Å²) in [4.78, 5) is 29.1. The van der Waals surface area contributed by atoms with Crippen molar-refractivity contribution in [3.8, 4) is 11.1 Å². The molecule has 5 rings (SSSR count). The summed E-state index contributed by atoms with van der Waals surface area (Å²) in [6.45, 7) is 4.67. The van der Waals surface area contributed by atoms with Crippen LogP contribution in [-0.2, 0) is 11.3 Å². The number of H-pyrrole nitrogens is 1. The SMILES string of the molecule is Cc1[nH]c(/C=C2\C(=O)Nc3cccc(-c4ccc(Cl)cc4)c32)c(C)c1C(=O)NCCn1ccnn1. The Bertz CT molecular complexity index is 1450. The molecule has 0 fully saturated rings. The van der Waals surface area contributed by atoms with Crippen molar-refractivity contribution < 1.29 is 9.59 Å². The van der Waals surface area contributed by atoms with E-state index in [4.69, 9.17) is 11.6 Å². The number of aromatic nitrogens is 4. The number of nitrogens with zero attached hydrogens (tertiary/aromatic N) is 3. The normalized spacial score (nSPS) is 13.7. The number of benzene rings is 2. The lowest BCUT2D eigenvalue weighted by molar-refractivity contribution is -0.110. The molecule has 0 atom stereocenters. The first-order valence-electron chi connectivity index (χ1n) is 11.2. The molecular weight excluding hydrogens is 464 g/mol. The van der Waals surface area contributed by atoms with E-state index in [0.717, 1.165) is 33.6 Å². The quantitative estimate of drug-likeness (QED) is 0.350. The van der Waals surface area contributed by atoms with E-state index < -0.39 is 0 Å². The van der Waals surface area contributed by atoms with Crippen molar-refractivity contribution in [3.05, 3.63) is 88.0 Å². The van der Waals surface area contributed by atoms with Gasteiger partial charge in [0.05, 0.1) is 23.9 Å². The molecule has 0 radical (unpaired) electrons. The summed E-state index contributed by atoms with van der Waals surface area (Å²) >= 11 is 6.07. The van der Waals surface area contributed by atoms with Gasteiger partial charge in [0.2, 0.25) is 0 Å². The van der Waals surface area contributed by atoms with E-state index in [1.54, 1.807) is 17.1 Å². The highest BCUT2D eigenvalue weighted by atomic mass is 35.5. The highest BCUT2D eigenvalue weighted by Gasteiger charge is 2.28. The molecule has 2 aromatic carbocycles. The molecule has 176 valence electrons. The van der Waals surface area contributed by atoms with E-state index in [1.165, 1.54) is 0 Å². The average Bonchev–Trinajstić information content (AvgIpc) is 3.53. The molecule has 2 amide bonds. The molecule has 1 aliphatic heterocycles. The van der Waals surface area contributed by atoms with E-state index >= 15 is 0 Å². The Morgan fingerprint density at radius 3 is 2.71 bits per heavy atom. The number of amides is 2. The van der Waals surface area contributed by atoms with Gasteiger partial charge in [-0.1, -0.05) is 41.1 Å². The Kier molecular flexibility index (Phi) is 5.96. The fourth-order valence-corrected chi connectivity index (χ4v) is 4.51. The third-order valence-electron chi connectivity index (χ3n) is 6.07. The first kappa shape index (κ1) is 22.6. The lowest BCUT2D eigenvalue weighted by atomic mass is 9.94. The molecule has 0 aliphatic carbocycles. The first-order chi connectivity index (χ1) is 16.9. The Morgan fingerprint density at radius 1 is 1.17 bits per heavy atom. The van der Waals surface area contributed by atoms with Crippen molar-refractivity contribution in [1.82, 2.24) is 25.3 Å². The summed E-state index contributed by atoms with van der Waals surface area (Å²) < 4.78 is 1.65. The third kappa shape index (κ3) is 4.36. The predicted octanol–water partition coefficient (Wildman–Crippen LogP) is 4.47. The zero-order valence-corrected chi connectivity index (χ0v) is 20.0. The van der Waals surface area contributed by atoms with Gasteiger partial charge in [-0.15, -0.1) is 5.10 Å². The standard InChI is InChI=1S/C26H23ClN6O2/c1-15-22(30-16(2)23(15)26(35)28-10-12-33-13-11-29-32-33)14-20-24-19(17-6-8-18(27)9-7-17)4-3-5-21(24)31-25(20)34/h3-9,11,13-14,30H,10,12H2,1-2H3,(H,28,35)(H,31,34)/b20-14-. The largest absolute Gasteiger partial charge is 0.358 e. The number of carbonyl (C=O) groups excluding carboxylic acids is 2. The predicted molar refractivity (Wildman–Crippen MR) is 136 cm³/mol. The smallest absolute Gasteiger partial charge is 0.256 e. The van der Waals surface area contributed by atoms with Gasteiger partial charge in [0.15, 0.2) is 0 Å². The van der Waals surface area contributed by atoms with Crippen LogP contribution >= 0.6 is 11.6 Å². The molecule has 2 aromatic heterocycles. The van der Waals surface area contributed by atoms with E-state index in [9.17, 15) is 9.59 Å². The Labute approximate surface area is 207 Å². The van der Waals surface area contributed by atoms with Crippen LogP contribution in [0.15, 0.2) is 54.9 Å². The van der Waals surface area contributed by atoms with Gasteiger partial charge >= 0.3 is 0 Å². The molecule has 4 aromatic rings. The Morgan fingerprint density at radius 2 is 1.97 bits per heavy atom. The number of hydrogen-bond donors (Lipinski definition) is 3. The molecular formula is C26H23ClN6O2. The second kappa shape index (κ2) is 9.23. The van der Waals surface area contributed by atoms with Gasteiger partial charge in [-0.25, -0.2) is 0 Å². The fraction of sp³-hybridized carbons (Fsp3) is 0.154. The Balaban J connectivity index is 1.47. The molecule has 3 heterocycles. The van der Waals surface area contributed by atoms with Crippen LogP contribution in [0.25, 0.3) is 22.8 Å². The molecule has 9 heteroatoms. The molecule has 3 N–H and O–H groups in total. The van der Waals surface area contributed by atoms with Crippen LogP contribution in [0.5, 0.6) is 0 Å². The molecule has 0 saturated heterocycles. The minimum Gasteiger partial charge on any atom is -0.358 e.